The Morgan fingerprint density at radius 3 is 2.83 bits per heavy atom. The molecule has 2 aromatic rings. The molecule has 0 saturated carbocycles. The molecule has 1 aromatic heterocycles. The molecule has 1 aliphatic rings. The van der Waals surface area contributed by atoms with E-state index in [0.717, 1.165) is 5.69 Å². The lowest BCUT2D eigenvalue weighted by Crippen LogP contribution is -2.53. The maximum atomic E-state index is 12.5. The third kappa shape index (κ3) is 3.08. The smallest absolute Gasteiger partial charge is 0.247 e. The Morgan fingerprint density at radius 1 is 1.33 bits per heavy atom. The first kappa shape index (κ1) is 16.0. The number of piperazine rings is 1. The number of benzene rings is 1. The van der Waals surface area contributed by atoms with Crippen molar-refractivity contribution in [2.45, 2.75) is 13.0 Å². The zero-order valence-corrected chi connectivity index (χ0v) is 13.6. The van der Waals surface area contributed by atoms with Crippen LogP contribution in [0.1, 0.15) is 13.0 Å². The fraction of sp³-hybridized carbons (Fsp3) is 0.375. The van der Waals surface area contributed by atoms with Gasteiger partial charge < -0.3 is 14.5 Å². The van der Waals surface area contributed by atoms with Crippen LogP contribution in [-0.2, 0) is 9.59 Å². The Kier molecular flexibility index (Phi) is 4.45. The van der Waals surface area contributed by atoms with Crippen molar-refractivity contribution in [1.82, 2.24) is 19.7 Å². The zero-order valence-electron chi connectivity index (χ0n) is 13.6. The molecule has 8 nitrogen and oxygen atoms in total. The second-order valence-corrected chi connectivity index (χ2v) is 5.56. The quantitative estimate of drug-likeness (QED) is 0.826. The number of ether oxygens (including phenoxy) is 1. The van der Waals surface area contributed by atoms with E-state index in [1.165, 1.54) is 17.3 Å². The third-order valence-corrected chi connectivity index (χ3v) is 4.09. The van der Waals surface area contributed by atoms with Gasteiger partial charge in [-0.25, -0.2) is 9.67 Å². The van der Waals surface area contributed by atoms with Gasteiger partial charge in [-0.15, -0.1) is 0 Å². The first-order valence-corrected chi connectivity index (χ1v) is 7.67. The maximum Gasteiger partial charge on any atom is 0.247 e. The summed E-state index contributed by atoms with van der Waals surface area (Å²) in [5, 5.41) is 3.98. The predicted molar refractivity (Wildman–Crippen MR) is 86.7 cm³/mol. The molecule has 1 saturated heterocycles. The first-order chi connectivity index (χ1) is 11.6. The lowest BCUT2D eigenvalue weighted by atomic mass is 10.2. The van der Waals surface area contributed by atoms with Crippen LogP contribution in [0.4, 0.5) is 5.69 Å². The normalized spacial score (nSPS) is 16.2. The fourth-order valence-electron chi connectivity index (χ4n) is 2.71. The van der Waals surface area contributed by atoms with E-state index in [9.17, 15) is 9.59 Å². The molecule has 0 aliphatic carbocycles. The molecule has 1 aromatic carbocycles. The Morgan fingerprint density at radius 2 is 2.17 bits per heavy atom. The summed E-state index contributed by atoms with van der Waals surface area (Å²) in [6, 6.07) is 6.85. The average Bonchev–Trinajstić information content (AvgIpc) is 3.15. The summed E-state index contributed by atoms with van der Waals surface area (Å²) < 4.78 is 6.68. The molecular formula is C16H19N5O3. The summed E-state index contributed by atoms with van der Waals surface area (Å²) in [6.45, 7) is 2.72. The topological polar surface area (TPSA) is 80.6 Å². The number of hydrogen-bond acceptors (Lipinski definition) is 5. The second-order valence-electron chi connectivity index (χ2n) is 5.56. The van der Waals surface area contributed by atoms with Crippen molar-refractivity contribution in [1.29, 1.82) is 0 Å². The fourth-order valence-corrected chi connectivity index (χ4v) is 2.71. The van der Waals surface area contributed by atoms with E-state index in [1.54, 1.807) is 23.8 Å². The summed E-state index contributed by atoms with van der Waals surface area (Å²) in [6.07, 6.45) is 2.88. The number of carbonyl (C=O) groups is 2. The standard InChI is InChI=1S/C16H19N5O3/c1-12(21-11-17-10-18-21)16(23)19-6-7-20(15(22)9-19)13-4-3-5-14(8-13)24-2/h3-5,8,10-12H,6-7,9H2,1-2H3. The molecule has 2 heterocycles. The largest absolute Gasteiger partial charge is 0.497 e. The minimum absolute atomic E-state index is 0.0507. The molecule has 0 radical (unpaired) electrons. The van der Waals surface area contributed by atoms with Gasteiger partial charge in [0.15, 0.2) is 0 Å². The van der Waals surface area contributed by atoms with Crippen LogP contribution in [0.25, 0.3) is 0 Å². The molecule has 1 unspecified atom stereocenters. The highest BCUT2D eigenvalue weighted by Crippen LogP contribution is 2.23. The molecular weight excluding hydrogens is 310 g/mol. The van der Waals surface area contributed by atoms with Gasteiger partial charge in [0.1, 0.15) is 31.0 Å². The highest BCUT2D eigenvalue weighted by atomic mass is 16.5. The van der Waals surface area contributed by atoms with Crippen LogP contribution >= 0.6 is 0 Å². The van der Waals surface area contributed by atoms with Gasteiger partial charge >= 0.3 is 0 Å². The van der Waals surface area contributed by atoms with Crippen molar-refractivity contribution in [3.05, 3.63) is 36.9 Å². The predicted octanol–water partition coefficient (Wildman–Crippen LogP) is 0.723. The molecule has 2 amide bonds. The van der Waals surface area contributed by atoms with E-state index in [4.69, 9.17) is 4.74 Å². The van der Waals surface area contributed by atoms with Gasteiger partial charge in [-0.1, -0.05) is 6.07 Å². The van der Waals surface area contributed by atoms with Crippen molar-refractivity contribution >= 4 is 17.5 Å². The molecule has 0 N–H and O–H groups in total. The van der Waals surface area contributed by atoms with Gasteiger partial charge in [-0.2, -0.15) is 5.10 Å². The highest BCUT2D eigenvalue weighted by molar-refractivity contribution is 5.98. The van der Waals surface area contributed by atoms with Crippen LogP contribution in [0.3, 0.4) is 0 Å². The average molecular weight is 329 g/mol. The number of amides is 2. The molecule has 24 heavy (non-hydrogen) atoms. The second kappa shape index (κ2) is 6.69. The van der Waals surface area contributed by atoms with Crippen LogP contribution in [0.15, 0.2) is 36.9 Å². The number of rotatable bonds is 4. The summed E-state index contributed by atoms with van der Waals surface area (Å²) in [7, 11) is 1.59. The summed E-state index contributed by atoms with van der Waals surface area (Å²) in [5.41, 5.74) is 0.774. The monoisotopic (exact) mass is 329 g/mol. The Bertz CT molecular complexity index is 731. The summed E-state index contributed by atoms with van der Waals surface area (Å²) in [5.74, 6) is 0.436. The van der Waals surface area contributed by atoms with Crippen LogP contribution in [-0.4, -0.2) is 58.2 Å². The molecule has 1 fully saturated rings. The van der Waals surface area contributed by atoms with E-state index < -0.39 is 6.04 Å². The van der Waals surface area contributed by atoms with Crippen LogP contribution in [0.2, 0.25) is 0 Å². The molecule has 126 valence electrons. The lowest BCUT2D eigenvalue weighted by molar-refractivity contribution is -0.139. The Hall–Kier alpha value is -2.90. The first-order valence-electron chi connectivity index (χ1n) is 7.67. The van der Waals surface area contributed by atoms with E-state index in [0.29, 0.717) is 18.8 Å². The Balaban J connectivity index is 1.68. The van der Waals surface area contributed by atoms with E-state index in [2.05, 4.69) is 10.1 Å². The van der Waals surface area contributed by atoms with Gasteiger partial charge in [-0.05, 0) is 19.1 Å². The van der Waals surface area contributed by atoms with Crippen molar-refractivity contribution in [3.63, 3.8) is 0 Å². The number of hydrogen-bond donors (Lipinski definition) is 0. The number of anilines is 1. The molecule has 3 rings (SSSR count). The summed E-state index contributed by atoms with van der Waals surface area (Å²) >= 11 is 0. The molecule has 0 spiro atoms. The van der Waals surface area contributed by atoms with Gasteiger partial charge in [0.25, 0.3) is 0 Å². The van der Waals surface area contributed by atoms with Crippen LogP contribution in [0.5, 0.6) is 5.75 Å². The third-order valence-electron chi connectivity index (χ3n) is 4.09. The number of aromatic nitrogens is 3. The lowest BCUT2D eigenvalue weighted by Gasteiger charge is -2.35. The highest BCUT2D eigenvalue weighted by Gasteiger charge is 2.31. The minimum atomic E-state index is -0.483. The van der Waals surface area contributed by atoms with E-state index >= 15 is 0 Å². The van der Waals surface area contributed by atoms with E-state index in [1.807, 2.05) is 24.3 Å². The van der Waals surface area contributed by atoms with Crippen LogP contribution < -0.4 is 9.64 Å². The van der Waals surface area contributed by atoms with Crippen molar-refractivity contribution in [3.8, 4) is 5.75 Å². The van der Waals surface area contributed by atoms with E-state index in [-0.39, 0.29) is 18.4 Å². The van der Waals surface area contributed by atoms with Crippen molar-refractivity contribution in [2.24, 2.45) is 0 Å². The van der Waals surface area contributed by atoms with Gasteiger partial charge in [0.05, 0.1) is 7.11 Å². The maximum absolute atomic E-state index is 12.5. The minimum Gasteiger partial charge on any atom is -0.497 e. The van der Waals surface area contributed by atoms with Crippen molar-refractivity contribution in [2.75, 3.05) is 31.6 Å². The SMILES string of the molecule is COc1cccc(N2CCN(C(=O)C(C)n3cncn3)CC2=O)c1. The molecule has 1 atom stereocenters. The van der Waals surface area contributed by atoms with Gasteiger partial charge in [0.2, 0.25) is 11.8 Å². The van der Waals surface area contributed by atoms with Crippen LogP contribution in [0, 0.1) is 0 Å². The number of nitrogens with zero attached hydrogens (tertiary/aromatic N) is 5. The molecule has 0 bridgehead atoms. The Labute approximate surface area is 139 Å². The van der Waals surface area contributed by atoms with Gasteiger partial charge in [-0.3, -0.25) is 9.59 Å². The summed E-state index contributed by atoms with van der Waals surface area (Å²) in [4.78, 5) is 32.1. The molecule has 1 aliphatic heterocycles. The number of methoxy groups -OCH3 is 1. The number of carbonyl (C=O) groups excluding carboxylic acids is 2. The molecule has 8 heteroatoms. The zero-order chi connectivity index (χ0) is 17.1. The van der Waals surface area contributed by atoms with Gasteiger partial charge in [0, 0.05) is 24.8 Å². The van der Waals surface area contributed by atoms with Crippen molar-refractivity contribution < 1.29 is 14.3 Å².